The second kappa shape index (κ2) is 5.95. The van der Waals surface area contributed by atoms with Crippen LogP contribution in [-0.2, 0) is 16.6 Å². The van der Waals surface area contributed by atoms with Crippen molar-refractivity contribution in [3.05, 3.63) is 41.2 Å². The van der Waals surface area contributed by atoms with Crippen molar-refractivity contribution in [2.75, 3.05) is 0 Å². The fourth-order valence-electron chi connectivity index (χ4n) is 3.49. The van der Waals surface area contributed by atoms with Gasteiger partial charge in [-0.05, 0) is 0 Å². The fourth-order valence-corrected chi connectivity index (χ4v) is 16.3. The first-order valence-electron chi connectivity index (χ1n) is 7.66. The first-order valence-corrected chi connectivity index (χ1v) is 14.1. The summed E-state index contributed by atoms with van der Waals surface area (Å²) in [6.45, 7) is 19.2. The molecule has 0 saturated carbocycles. The topological polar surface area (TPSA) is 0 Å². The van der Waals surface area contributed by atoms with Crippen LogP contribution in [0.25, 0.3) is 0 Å². The molecule has 20 heavy (non-hydrogen) atoms. The Hall–Kier alpha value is -0.109. The molecule has 108 valence electrons. The van der Waals surface area contributed by atoms with E-state index in [1.165, 1.54) is 12.8 Å². The van der Waals surface area contributed by atoms with Gasteiger partial charge >= 0.3 is 131 Å². The normalized spacial score (nSPS) is 19.8. The third-order valence-corrected chi connectivity index (χ3v) is 17.1. The summed E-state index contributed by atoms with van der Waals surface area (Å²) in [5.74, 6) is 0. The minimum absolute atomic E-state index is 0.199. The van der Waals surface area contributed by atoms with Gasteiger partial charge in [0.1, 0.15) is 0 Å². The van der Waals surface area contributed by atoms with Crippen molar-refractivity contribution in [3.63, 3.8) is 0 Å². The second-order valence-electron chi connectivity index (χ2n) is 6.75. The fraction of sp³-hybridized carbons (Fsp3) is 0.556. The van der Waals surface area contributed by atoms with Gasteiger partial charge in [-0.1, -0.05) is 0 Å². The second-order valence-corrected chi connectivity index (χ2v) is 18.5. The Morgan fingerprint density at radius 1 is 0.650 bits per heavy atom. The van der Waals surface area contributed by atoms with E-state index in [-0.39, 0.29) is 6.19 Å². The van der Waals surface area contributed by atoms with Crippen molar-refractivity contribution >= 4 is 6.19 Å². The van der Waals surface area contributed by atoms with Gasteiger partial charge < -0.3 is 0 Å². The van der Waals surface area contributed by atoms with E-state index in [1.807, 2.05) is 7.76 Å². The molecule has 0 aromatic heterocycles. The molecule has 0 aromatic rings. The summed E-state index contributed by atoms with van der Waals surface area (Å²) >= 11 is -1.23. The Morgan fingerprint density at radius 3 is 1.20 bits per heavy atom. The predicted octanol–water partition coefficient (Wildman–Crippen LogP) is 5.88. The molecule has 0 radical (unpaired) electrons. The zero-order chi connectivity index (χ0) is 15.2. The van der Waals surface area contributed by atoms with Gasteiger partial charge in [0, 0.05) is 0 Å². The molecule has 0 heterocycles. The van der Waals surface area contributed by atoms with Crippen molar-refractivity contribution in [3.8, 4) is 0 Å². The molecule has 2 aliphatic carbocycles. The number of hydrogen-bond donors (Lipinski definition) is 0. The van der Waals surface area contributed by atoms with Gasteiger partial charge in [-0.25, -0.2) is 0 Å². The Labute approximate surface area is 131 Å². The maximum atomic E-state index is 2.56. The molecule has 0 aliphatic heterocycles. The summed E-state index contributed by atoms with van der Waals surface area (Å²) < 4.78 is 3.80. The van der Waals surface area contributed by atoms with E-state index in [2.05, 4.69) is 54.6 Å². The zero-order valence-corrected chi connectivity index (χ0v) is 17.0. The molecule has 0 saturated heterocycles. The van der Waals surface area contributed by atoms with E-state index >= 15 is 0 Å². The summed E-state index contributed by atoms with van der Waals surface area (Å²) in [7, 11) is 0. The average Bonchev–Trinajstić information content (AvgIpc) is 2.76. The van der Waals surface area contributed by atoms with Crippen LogP contribution in [0, 0.1) is 0 Å². The van der Waals surface area contributed by atoms with E-state index < -0.39 is 16.6 Å². The molecule has 2 heteroatoms. The Balaban J connectivity index is 2.53. The van der Waals surface area contributed by atoms with E-state index in [0.717, 1.165) is 0 Å². The van der Waals surface area contributed by atoms with Crippen LogP contribution in [-0.4, -0.2) is 6.19 Å². The summed E-state index contributed by atoms with van der Waals surface area (Å²) in [5, 5.41) is 0. The molecule has 0 nitrogen and oxygen atoms in total. The monoisotopic (exact) mass is 320 g/mol. The Morgan fingerprint density at radius 2 is 1.00 bits per heavy atom. The molecule has 0 N–H and O–H groups in total. The van der Waals surface area contributed by atoms with Gasteiger partial charge in [-0.15, -0.1) is 0 Å². The SMILES string of the molecule is CC1=C(C)C(C)=[C]([Ti]([C]2=C(C)C(C)=C(C)C2)=[Si](C)C)C1. The van der Waals surface area contributed by atoms with Crippen molar-refractivity contribution < 1.29 is 16.6 Å². The Kier molecular flexibility index (Phi) is 4.84. The molecule has 0 bridgehead atoms. The van der Waals surface area contributed by atoms with Crippen LogP contribution in [0.2, 0.25) is 13.1 Å². The van der Waals surface area contributed by atoms with Gasteiger partial charge in [-0.2, -0.15) is 0 Å². The molecule has 2 rings (SSSR count). The summed E-state index contributed by atoms with van der Waals surface area (Å²) in [4.78, 5) is 0. The van der Waals surface area contributed by atoms with Gasteiger partial charge in [0.15, 0.2) is 0 Å². The molecular formula is C18H28SiTi. The first kappa shape index (κ1) is 16.3. The van der Waals surface area contributed by atoms with Crippen LogP contribution >= 0.6 is 0 Å². The van der Waals surface area contributed by atoms with Crippen LogP contribution in [0.3, 0.4) is 0 Å². The van der Waals surface area contributed by atoms with Crippen LogP contribution < -0.4 is 0 Å². The summed E-state index contributed by atoms with van der Waals surface area (Å²) in [6, 6.07) is 0. The minimum atomic E-state index is -1.23. The van der Waals surface area contributed by atoms with Crippen LogP contribution in [0.15, 0.2) is 41.2 Å². The third-order valence-electron chi connectivity index (χ3n) is 5.30. The van der Waals surface area contributed by atoms with E-state index in [1.54, 1.807) is 33.4 Å². The van der Waals surface area contributed by atoms with Crippen LogP contribution in [0.4, 0.5) is 0 Å². The molecule has 0 atom stereocenters. The van der Waals surface area contributed by atoms with Gasteiger partial charge in [0.25, 0.3) is 0 Å². The quantitative estimate of drug-likeness (QED) is 0.557. The summed E-state index contributed by atoms with van der Waals surface area (Å²) in [5.41, 5.74) is 9.75. The number of hydrogen-bond acceptors (Lipinski definition) is 0. The van der Waals surface area contributed by atoms with Gasteiger partial charge in [0.2, 0.25) is 0 Å². The van der Waals surface area contributed by atoms with E-state index in [9.17, 15) is 0 Å². The average molecular weight is 320 g/mol. The Bertz CT molecular complexity index is 582. The van der Waals surface area contributed by atoms with Crippen molar-refractivity contribution in [1.29, 1.82) is 0 Å². The third kappa shape index (κ3) is 2.65. The molecule has 0 spiro atoms. The van der Waals surface area contributed by atoms with Crippen molar-refractivity contribution in [2.24, 2.45) is 0 Å². The standard InChI is InChI=1S/2C8H11.C2H6Si.Ti/c2*1-6-4-5-7(2)8(6)3;1-3-2;/h2*4H2,1-3H3;1-2H3;. The summed E-state index contributed by atoms with van der Waals surface area (Å²) in [6.07, 6.45) is 2.38. The van der Waals surface area contributed by atoms with E-state index in [0.29, 0.717) is 0 Å². The van der Waals surface area contributed by atoms with Crippen molar-refractivity contribution in [2.45, 2.75) is 67.5 Å². The number of rotatable bonds is 2. The molecule has 0 aromatic carbocycles. The van der Waals surface area contributed by atoms with E-state index in [4.69, 9.17) is 0 Å². The van der Waals surface area contributed by atoms with Crippen molar-refractivity contribution in [1.82, 2.24) is 0 Å². The van der Waals surface area contributed by atoms with Gasteiger partial charge in [-0.3, -0.25) is 0 Å². The first-order chi connectivity index (χ1) is 9.25. The number of allylic oxidation sites excluding steroid dienone is 8. The van der Waals surface area contributed by atoms with Crippen LogP contribution in [0.1, 0.15) is 54.4 Å². The molecule has 0 amide bonds. The molecule has 2 aliphatic rings. The molecule has 0 unspecified atom stereocenters. The van der Waals surface area contributed by atoms with Gasteiger partial charge in [0.05, 0.1) is 0 Å². The zero-order valence-electron chi connectivity index (χ0n) is 14.4. The molecular weight excluding hydrogens is 292 g/mol. The van der Waals surface area contributed by atoms with Crippen LogP contribution in [0.5, 0.6) is 0 Å². The maximum absolute atomic E-state index is 2.56. The predicted molar refractivity (Wildman–Crippen MR) is 88.9 cm³/mol. The molecule has 0 fully saturated rings.